The van der Waals surface area contributed by atoms with Crippen LogP contribution >= 0.6 is 0 Å². The van der Waals surface area contributed by atoms with Gasteiger partial charge in [-0.05, 0) is 42.5 Å². The molecule has 0 saturated carbocycles. The van der Waals surface area contributed by atoms with Crippen LogP contribution < -0.4 is 15.4 Å². The van der Waals surface area contributed by atoms with Crippen molar-refractivity contribution in [3.05, 3.63) is 82.9 Å². The number of hydrogen-bond acceptors (Lipinski definition) is 7. The summed E-state index contributed by atoms with van der Waals surface area (Å²) in [6, 6.07) is 15.8. The Bertz CT molecular complexity index is 1570. The van der Waals surface area contributed by atoms with Gasteiger partial charge in [-0.1, -0.05) is 103 Å². The van der Waals surface area contributed by atoms with Gasteiger partial charge < -0.3 is 15.5 Å². The average Bonchev–Trinajstić information content (AvgIpc) is 2.97. The third-order valence-corrected chi connectivity index (χ3v) is 9.37. The lowest BCUT2D eigenvalue weighted by Gasteiger charge is -2.40. The molecule has 2 aromatic carbocycles. The van der Waals surface area contributed by atoms with Crippen LogP contribution in [-0.4, -0.2) is 63.3 Å². The van der Waals surface area contributed by atoms with E-state index in [1.54, 1.807) is 32.3 Å². The molecule has 3 amide bonds. The van der Waals surface area contributed by atoms with Gasteiger partial charge in [0.05, 0.1) is 29.5 Å². The summed E-state index contributed by atoms with van der Waals surface area (Å²) in [5, 5.41) is 15.4. The minimum atomic E-state index is -4.12. The van der Waals surface area contributed by atoms with Crippen molar-refractivity contribution in [1.29, 1.82) is 5.26 Å². The third kappa shape index (κ3) is 9.74. The van der Waals surface area contributed by atoms with Crippen molar-refractivity contribution in [3.8, 4) is 6.07 Å². The standard InChI is InChI=1S/C35H49N5O5S/c1-23(2)28(20-24(3)31(41)39-46(44,45)22-26-17-15-14-16-25(26)21-36)40(10)33(43)30(34(4,5)6)38-32(42)29(37-9)35(7,8)27-18-12-11-13-19-27/h11-20,23,28-30,37H,22H2,1-10H3,(H,38,42)(H,39,41)/b24-20+/t28-,29-,30-/m1/s1. The molecule has 0 bridgehead atoms. The highest BCUT2D eigenvalue weighted by molar-refractivity contribution is 7.89. The summed E-state index contributed by atoms with van der Waals surface area (Å²) < 4.78 is 27.7. The maximum atomic E-state index is 14.1. The number of carbonyl (C=O) groups is 3. The molecule has 0 unspecified atom stereocenters. The third-order valence-electron chi connectivity index (χ3n) is 8.18. The quantitative estimate of drug-likeness (QED) is 0.277. The van der Waals surface area contributed by atoms with Crippen LogP contribution in [0.5, 0.6) is 0 Å². The van der Waals surface area contributed by atoms with Gasteiger partial charge in [0, 0.05) is 18.0 Å². The number of hydrogen-bond donors (Lipinski definition) is 3. The molecule has 0 spiro atoms. The molecule has 2 aromatic rings. The number of nitriles is 1. The van der Waals surface area contributed by atoms with Gasteiger partial charge in [-0.3, -0.25) is 14.4 Å². The minimum Gasteiger partial charge on any atom is -0.342 e. The first-order chi connectivity index (χ1) is 21.3. The van der Waals surface area contributed by atoms with E-state index in [4.69, 9.17) is 0 Å². The number of sulfonamides is 1. The molecule has 0 saturated heterocycles. The molecule has 0 heterocycles. The van der Waals surface area contributed by atoms with Gasteiger partial charge in [0.15, 0.2) is 0 Å². The van der Waals surface area contributed by atoms with Crippen molar-refractivity contribution in [2.24, 2.45) is 11.3 Å². The van der Waals surface area contributed by atoms with Crippen LogP contribution in [0.3, 0.4) is 0 Å². The van der Waals surface area contributed by atoms with E-state index in [1.165, 1.54) is 24.0 Å². The Morgan fingerprint density at radius 1 is 0.957 bits per heavy atom. The Morgan fingerprint density at radius 2 is 1.52 bits per heavy atom. The highest BCUT2D eigenvalue weighted by Gasteiger charge is 2.41. The lowest BCUT2D eigenvalue weighted by molar-refractivity contribution is -0.140. The summed E-state index contributed by atoms with van der Waals surface area (Å²) in [5.74, 6) is -2.20. The lowest BCUT2D eigenvalue weighted by Crippen LogP contribution is -2.61. The average molecular weight is 652 g/mol. The van der Waals surface area contributed by atoms with Crippen LogP contribution in [0.2, 0.25) is 0 Å². The molecule has 46 heavy (non-hydrogen) atoms. The van der Waals surface area contributed by atoms with E-state index >= 15 is 0 Å². The molecule has 0 radical (unpaired) electrons. The van der Waals surface area contributed by atoms with Crippen molar-refractivity contribution in [3.63, 3.8) is 0 Å². The zero-order valence-corrected chi connectivity index (χ0v) is 29.5. The number of benzene rings is 2. The second kappa shape index (κ2) is 15.5. The fraction of sp³-hybridized carbons (Fsp3) is 0.486. The van der Waals surface area contributed by atoms with Crippen molar-refractivity contribution in [2.45, 2.75) is 84.7 Å². The molecular weight excluding hydrogens is 602 g/mol. The molecular formula is C35H49N5O5S. The Kier molecular flexibility index (Phi) is 12.9. The molecule has 10 nitrogen and oxygen atoms in total. The van der Waals surface area contributed by atoms with Crippen LogP contribution in [-0.2, 0) is 35.6 Å². The zero-order valence-electron chi connectivity index (χ0n) is 28.6. The van der Waals surface area contributed by atoms with E-state index in [2.05, 4.69) is 15.4 Å². The highest BCUT2D eigenvalue weighted by atomic mass is 32.2. The molecule has 250 valence electrons. The summed E-state index contributed by atoms with van der Waals surface area (Å²) in [6.07, 6.45) is 1.56. The first kappa shape index (κ1) is 38.2. The van der Waals surface area contributed by atoms with Gasteiger partial charge in [0.25, 0.3) is 5.91 Å². The van der Waals surface area contributed by atoms with E-state index in [-0.39, 0.29) is 34.4 Å². The van der Waals surface area contributed by atoms with Crippen LogP contribution in [0.25, 0.3) is 0 Å². The van der Waals surface area contributed by atoms with Crippen molar-refractivity contribution in [1.82, 2.24) is 20.3 Å². The Morgan fingerprint density at radius 3 is 2.04 bits per heavy atom. The Labute approximate surface area is 274 Å². The van der Waals surface area contributed by atoms with Gasteiger partial charge in [-0.2, -0.15) is 5.26 Å². The maximum Gasteiger partial charge on any atom is 0.260 e. The summed E-state index contributed by atoms with van der Waals surface area (Å²) in [7, 11) is -0.796. The Balaban J connectivity index is 2.31. The predicted molar refractivity (Wildman–Crippen MR) is 181 cm³/mol. The van der Waals surface area contributed by atoms with E-state index in [0.717, 1.165) is 5.56 Å². The smallest absolute Gasteiger partial charge is 0.260 e. The largest absolute Gasteiger partial charge is 0.342 e. The summed E-state index contributed by atoms with van der Waals surface area (Å²) in [6.45, 7) is 14.8. The van der Waals surface area contributed by atoms with Crippen LogP contribution in [0.4, 0.5) is 0 Å². The molecule has 0 aliphatic carbocycles. The van der Waals surface area contributed by atoms with E-state index < -0.39 is 50.6 Å². The van der Waals surface area contributed by atoms with E-state index in [9.17, 15) is 28.1 Å². The molecule has 0 fully saturated rings. The number of nitrogens with zero attached hydrogens (tertiary/aromatic N) is 2. The molecule has 3 atom stereocenters. The normalized spacial score (nSPS) is 14.5. The number of carbonyl (C=O) groups excluding carboxylic acids is 3. The van der Waals surface area contributed by atoms with Crippen molar-refractivity contribution in [2.75, 3.05) is 14.1 Å². The maximum absolute atomic E-state index is 14.1. The first-order valence-corrected chi connectivity index (χ1v) is 16.9. The SMILES string of the molecule is CN[C@H](C(=O)N[C@H](C(=O)N(C)[C@H](/C=C(\C)C(=O)NS(=O)(=O)Cc1ccccc1C#N)C(C)C)C(C)(C)C)C(C)(C)c1ccccc1. The van der Waals surface area contributed by atoms with Crippen LogP contribution in [0.1, 0.15) is 72.1 Å². The molecule has 3 N–H and O–H groups in total. The second-order valence-electron chi connectivity index (χ2n) is 13.6. The molecule has 0 aliphatic heterocycles. The van der Waals surface area contributed by atoms with E-state index in [0.29, 0.717) is 0 Å². The van der Waals surface area contributed by atoms with Gasteiger partial charge in [-0.25, -0.2) is 13.1 Å². The fourth-order valence-electron chi connectivity index (χ4n) is 5.38. The van der Waals surface area contributed by atoms with Crippen LogP contribution in [0.15, 0.2) is 66.2 Å². The molecule has 0 aromatic heterocycles. The van der Waals surface area contributed by atoms with Gasteiger partial charge in [0.1, 0.15) is 6.04 Å². The fourth-order valence-corrected chi connectivity index (χ4v) is 6.56. The number of likely N-dealkylation sites (N-methyl/N-ethyl adjacent to an activating group) is 2. The van der Waals surface area contributed by atoms with E-state index in [1.807, 2.05) is 84.9 Å². The first-order valence-electron chi connectivity index (χ1n) is 15.3. The number of rotatable bonds is 13. The highest BCUT2D eigenvalue weighted by Crippen LogP contribution is 2.29. The van der Waals surface area contributed by atoms with Crippen molar-refractivity contribution >= 4 is 27.7 Å². The van der Waals surface area contributed by atoms with Crippen LogP contribution in [0, 0.1) is 22.7 Å². The summed E-state index contributed by atoms with van der Waals surface area (Å²) in [5.41, 5.74) is 0.295. The topological polar surface area (TPSA) is 148 Å². The number of nitrogens with one attached hydrogen (secondary N) is 3. The molecule has 2 rings (SSSR count). The number of amides is 3. The molecule has 0 aliphatic rings. The van der Waals surface area contributed by atoms with Gasteiger partial charge in [0.2, 0.25) is 21.8 Å². The van der Waals surface area contributed by atoms with Gasteiger partial charge in [-0.15, -0.1) is 0 Å². The Hall–Kier alpha value is -4.01. The monoisotopic (exact) mass is 651 g/mol. The lowest BCUT2D eigenvalue weighted by atomic mass is 9.76. The van der Waals surface area contributed by atoms with Gasteiger partial charge >= 0.3 is 0 Å². The second-order valence-corrected chi connectivity index (χ2v) is 15.3. The summed E-state index contributed by atoms with van der Waals surface area (Å²) >= 11 is 0. The molecule has 11 heteroatoms. The zero-order chi connectivity index (χ0) is 35.0. The van der Waals surface area contributed by atoms with Crippen molar-refractivity contribution < 1.29 is 22.8 Å². The predicted octanol–water partition coefficient (Wildman–Crippen LogP) is 4.03. The summed E-state index contributed by atoms with van der Waals surface area (Å²) in [4.78, 5) is 42.4. The minimum absolute atomic E-state index is 0.103.